The molecule has 0 aliphatic rings. The molecule has 0 aromatic carbocycles. The molecule has 21 heavy (non-hydrogen) atoms. The molecule has 0 aliphatic heterocycles. The number of rotatable bonds is 9. The molecular formula is C17H33NO2S. The van der Waals surface area contributed by atoms with Gasteiger partial charge >= 0.3 is 0 Å². The molecule has 0 aromatic heterocycles. The van der Waals surface area contributed by atoms with E-state index in [2.05, 4.69) is 33.0 Å². The van der Waals surface area contributed by atoms with Crippen LogP contribution in [0.25, 0.3) is 0 Å². The Kier molecular flexibility index (Phi) is 8.60. The molecule has 0 aromatic rings. The van der Waals surface area contributed by atoms with Gasteiger partial charge in [-0.3, -0.25) is 9.59 Å². The van der Waals surface area contributed by atoms with Crippen molar-refractivity contribution in [2.24, 2.45) is 10.8 Å². The third-order valence-corrected chi connectivity index (χ3v) is 5.66. The summed E-state index contributed by atoms with van der Waals surface area (Å²) in [5.74, 6) is 0.110. The summed E-state index contributed by atoms with van der Waals surface area (Å²) >= 11 is 1.45. The van der Waals surface area contributed by atoms with E-state index >= 15 is 0 Å². The number of amides is 1. The molecule has 0 spiro atoms. The Bertz CT molecular complexity index is 351. The zero-order valence-corrected chi connectivity index (χ0v) is 15.7. The van der Waals surface area contributed by atoms with E-state index in [1.807, 2.05) is 20.8 Å². The monoisotopic (exact) mass is 315 g/mol. The van der Waals surface area contributed by atoms with Gasteiger partial charge in [0.15, 0.2) is 5.12 Å². The fourth-order valence-electron chi connectivity index (χ4n) is 2.85. The fourth-order valence-corrected chi connectivity index (χ4v) is 3.90. The van der Waals surface area contributed by atoms with Gasteiger partial charge in [-0.15, -0.1) is 0 Å². The maximum Gasteiger partial charge on any atom is 0.225 e. The van der Waals surface area contributed by atoms with Crippen molar-refractivity contribution in [3.63, 3.8) is 0 Å². The number of hydrogen-bond donors (Lipinski definition) is 1. The SMILES string of the molecule is CCCNC(=O)C(C)(C)CC(C)(C)C(CC)SC(=O)CC. The van der Waals surface area contributed by atoms with Crippen LogP contribution in [0.5, 0.6) is 0 Å². The summed E-state index contributed by atoms with van der Waals surface area (Å²) < 4.78 is 0. The number of nitrogens with one attached hydrogen (secondary N) is 1. The molecule has 4 heteroatoms. The van der Waals surface area contributed by atoms with Gasteiger partial charge in [-0.2, -0.15) is 0 Å². The molecule has 1 N–H and O–H groups in total. The minimum absolute atomic E-state index is 0.0582. The van der Waals surface area contributed by atoms with Crippen LogP contribution in [0.4, 0.5) is 0 Å². The Morgan fingerprint density at radius 3 is 2.10 bits per heavy atom. The van der Waals surface area contributed by atoms with E-state index in [1.165, 1.54) is 11.8 Å². The number of hydrogen-bond acceptors (Lipinski definition) is 3. The summed E-state index contributed by atoms with van der Waals surface area (Å²) in [5.41, 5.74) is -0.473. The standard InChI is InChI=1S/C17H33NO2S/c1-8-11-18-15(20)17(6,7)12-16(4,5)13(9-2)21-14(19)10-3/h13H,8-12H2,1-7H3,(H,18,20). The third-order valence-electron chi connectivity index (χ3n) is 3.85. The predicted molar refractivity (Wildman–Crippen MR) is 92.4 cm³/mol. The van der Waals surface area contributed by atoms with Crippen molar-refractivity contribution in [3.05, 3.63) is 0 Å². The largest absolute Gasteiger partial charge is 0.356 e. The highest BCUT2D eigenvalue weighted by molar-refractivity contribution is 8.14. The van der Waals surface area contributed by atoms with Crippen molar-refractivity contribution in [1.29, 1.82) is 0 Å². The van der Waals surface area contributed by atoms with Crippen molar-refractivity contribution in [1.82, 2.24) is 5.32 Å². The van der Waals surface area contributed by atoms with Crippen molar-refractivity contribution in [3.8, 4) is 0 Å². The van der Waals surface area contributed by atoms with E-state index < -0.39 is 5.41 Å². The van der Waals surface area contributed by atoms with Crippen LogP contribution < -0.4 is 5.32 Å². The minimum Gasteiger partial charge on any atom is -0.356 e. The van der Waals surface area contributed by atoms with Gasteiger partial charge in [0.1, 0.15) is 0 Å². The van der Waals surface area contributed by atoms with Crippen LogP contribution in [-0.2, 0) is 9.59 Å². The van der Waals surface area contributed by atoms with Gasteiger partial charge < -0.3 is 5.32 Å². The Balaban J connectivity index is 4.88. The summed E-state index contributed by atoms with van der Waals surface area (Å²) in [6, 6.07) is 0. The summed E-state index contributed by atoms with van der Waals surface area (Å²) in [6.07, 6.45) is 3.23. The van der Waals surface area contributed by atoms with Crippen LogP contribution in [0, 0.1) is 10.8 Å². The second-order valence-electron chi connectivity index (χ2n) is 7.05. The second kappa shape index (κ2) is 8.82. The lowest BCUT2D eigenvalue weighted by atomic mass is 9.72. The average Bonchev–Trinajstić information content (AvgIpc) is 2.39. The molecule has 1 atom stereocenters. The quantitative estimate of drug-likeness (QED) is 0.686. The zero-order valence-electron chi connectivity index (χ0n) is 14.8. The molecule has 0 heterocycles. The normalized spacial score (nSPS) is 13.9. The fraction of sp³-hybridized carbons (Fsp3) is 0.882. The molecule has 0 saturated carbocycles. The van der Waals surface area contributed by atoms with Crippen LogP contribution in [-0.4, -0.2) is 22.8 Å². The molecular weight excluding hydrogens is 282 g/mol. The highest BCUT2D eigenvalue weighted by Gasteiger charge is 2.39. The second-order valence-corrected chi connectivity index (χ2v) is 8.31. The van der Waals surface area contributed by atoms with E-state index in [9.17, 15) is 9.59 Å². The van der Waals surface area contributed by atoms with Crippen molar-refractivity contribution >= 4 is 22.8 Å². The maximum absolute atomic E-state index is 12.3. The molecule has 0 bridgehead atoms. The highest BCUT2D eigenvalue weighted by atomic mass is 32.2. The Morgan fingerprint density at radius 2 is 1.67 bits per heavy atom. The Morgan fingerprint density at radius 1 is 1.10 bits per heavy atom. The molecule has 0 aliphatic carbocycles. The first-order valence-electron chi connectivity index (χ1n) is 8.08. The molecule has 124 valence electrons. The lowest BCUT2D eigenvalue weighted by molar-refractivity contribution is -0.130. The van der Waals surface area contributed by atoms with E-state index in [4.69, 9.17) is 0 Å². The zero-order chi connectivity index (χ0) is 16.7. The smallest absolute Gasteiger partial charge is 0.225 e. The Hall–Kier alpha value is -0.510. The van der Waals surface area contributed by atoms with Gasteiger partial charge in [-0.05, 0) is 24.7 Å². The summed E-state index contributed by atoms with van der Waals surface area (Å²) in [5, 5.41) is 3.48. The first-order chi connectivity index (χ1) is 9.60. The lowest BCUT2D eigenvalue weighted by Crippen LogP contribution is -2.42. The van der Waals surface area contributed by atoms with E-state index in [0.29, 0.717) is 6.42 Å². The van der Waals surface area contributed by atoms with Crippen molar-refractivity contribution in [2.45, 2.75) is 79.4 Å². The van der Waals surface area contributed by atoms with Gasteiger partial charge in [-0.1, -0.05) is 60.2 Å². The van der Waals surface area contributed by atoms with Crippen molar-refractivity contribution in [2.75, 3.05) is 6.54 Å². The van der Waals surface area contributed by atoms with E-state index in [-0.39, 0.29) is 21.7 Å². The minimum atomic E-state index is -0.415. The van der Waals surface area contributed by atoms with Crippen LogP contribution in [0.2, 0.25) is 0 Å². The van der Waals surface area contributed by atoms with Gasteiger partial charge in [0, 0.05) is 23.6 Å². The highest BCUT2D eigenvalue weighted by Crippen LogP contribution is 2.42. The summed E-state index contributed by atoms with van der Waals surface area (Å²) in [6.45, 7) is 15.1. The van der Waals surface area contributed by atoms with Crippen LogP contribution in [0.1, 0.15) is 74.1 Å². The number of carbonyl (C=O) groups is 2. The predicted octanol–water partition coefficient (Wildman–Crippen LogP) is 4.40. The third kappa shape index (κ3) is 6.86. The van der Waals surface area contributed by atoms with Gasteiger partial charge in [0.25, 0.3) is 0 Å². The molecule has 0 rings (SSSR count). The molecule has 0 radical (unpaired) electrons. The lowest BCUT2D eigenvalue weighted by Gasteiger charge is -2.39. The number of thioether (sulfide) groups is 1. The summed E-state index contributed by atoms with van der Waals surface area (Å²) in [4.78, 5) is 24.1. The topological polar surface area (TPSA) is 46.2 Å². The Labute approximate surface area is 135 Å². The van der Waals surface area contributed by atoms with Crippen LogP contribution in [0.3, 0.4) is 0 Å². The van der Waals surface area contributed by atoms with E-state index in [0.717, 1.165) is 25.8 Å². The molecule has 1 amide bonds. The van der Waals surface area contributed by atoms with Gasteiger partial charge in [-0.25, -0.2) is 0 Å². The van der Waals surface area contributed by atoms with E-state index in [1.54, 1.807) is 0 Å². The first kappa shape index (κ1) is 20.5. The van der Waals surface area contributed by atoms with Crippen molar-refractivity contribution < 1.29 is 9.59 Å². The molecule has 0 saturated heterocycles. The van der Waals surface area contributed by atoms with Crippen LogP contribution in [0.15, 0.2) is 0 Å². The van der Waals surface area contributed by atoms with Gasteiger partial charge in [0.05, 0.1) is 0 Å². The average molecular weight is 316 g/mol. The van der Waals surface area contributed by atoms with Crippen LogP contribution >= 0.6 is 11.8 Å². The molecule has 1 unspecified atom stereocenters. The first-order valence-corrected chi connectivity index (χ1v) is 8.96. The molecule has 3 nitrogen and oxygen atoms in total. The summed E-state index contributed by atoms with van der Waals surface area (Å²) in [7, 11) is 0. The molecule has 0 fully saturated rings. The van der Waals surface area contributed by atoms with Gasteiger partial charge in [0.2, 0.25) is 5.91 Å². The number of carbonyl (C=O) groups excluding carboxylic acids is 2. The maximum atomic E-state index is 12.3.